The minimum Gasteiger partial charge on any atom is -0.378 e. The number of nitrogens with one attached hydrogen (secondary N) is 1. The lowest BCUT2D eigenvalue weighted by Crippen LogP contribution is -2.36. The predicted molar refractivity (Wildman–Crippen MR) is 91.1 cm³/mol. The van der Waals surface area contributed by atoms with Gasteiger partial charge < -0.3 is 15.0 Å². The van der Waals surface area contributed by atoms with Gasteiger partial charge in [0.1, 0.15) is 5.82 Å². The molecule has 1 aromatic carbocycles. The molecule has 0 radical (unpaired) electrons. The zero-order valence-electron chi connectivity index (χ0n) is 13.5. The normalized spacial score (nSPS) is 14.6. The molecule has 1 fully saturated rings. The topological polar surface area (TPSA) is 54.5 Å². The number of morpholine rings is 1. The molecule has 5 heteroatoms. The highest BCUT2D eigenvalue weighted by atomic mass is 16.5. The summed E-state index contributed by atoms with van der Waals surface area (Å²) < 4.78 is 5.34. The van der Waals surface area contributed by atoms with Crippen molar-refractivity contribution in [3.63, 3.8) is 0 Å². The Kier molecular flexibility index (Phi) is 4.57. The number of rotatable bonds is 3. The van der Waals surface area contributed by atoms with Crippen LogP contribution in [0.2, 0.25) is 0 Å². The van der Waals surface area contributed by atoms with Crippen molar-refractivity contribution in [2.75, 3.05) is 36.5 Å². The van der Waals surface area contributed by atoms with Crippen LogP contribution in [0.3, 0.4) is 0 Å². The number of hydrogen-bond donors (Lipinski definition) is 1. The van der Waals surface area contributed by atoms with Crippen LogP contribution in [0.25, 0.3) is 0 Å². The molecule has 2 aromatic rings. The molecule has 23 heavy (non-hydrogen) atoms. The second kappa shape index (κ2) is 6.79. The number of carbonyl (C=O) groups is 1. The standard InChI is InChI=1S/C18H21N3O2/c1-13-3-5-16(14(2)11-13)20-18(22)15-4-6-17(19-12-15)21-7-9-23-10-8-21/h3-6,11-12H,7-10H2,1-2H3,(H,20,22). The molecule has 0 atom stereocenters. The third-order valence-corrected chi connectivity index (χ3v) is 3.98. The third-order valence-electron chi connectivity index (χ3n) is 3.98. The van der Waals surface area contributed by atoms with Gasteiger partial charge in [0.15, 0.2) is 0 Å². The van der Waals surface area contributed by atoms with E-state index in [4.69, 9.17) is 4.74 Å². The first-order valence-electron chi connectivity index (χ1n) is 7.81. The Bertz CT molecular complexity index is 692. The Morgan fingerprint density at radius 1 is 1.17 bits per heavy atom. The molecule has 1 saturated heterocycles. The van der Waals surface area contributed by atoms with E-state index in [0.717, 1.165) is 43.4 Å². The number of aromatic nitrogens is 1. The highest BCUT2D eigenvalue weighted by Crippen LogP contribution is 2.18. The van der Waals surface area contributed by atoms with Gasteiger partial charge in [0.25, 0.3) is 5.91 Å². The SMILES string of the molecule is Cc1ccc(NC(=O)c2ccc(N3CCOCC3)nc2)c(C)c1. The van der Waals surface area contributed by atoms with Crippen molar-refractivity contribution in [2.45, 2.75) is 13.8 Å². The number of hydrogen-bond acceptors (Lipinski definition) is 4. The van der Waals surface area contributed by atoms with Crippen molar-refractivity contribution >= 4 is 17.4 Å². The van der Waals surface area contributed by atoms with Crippen molar-refractivity contribution < 1.29 is 9.53 Å². The van der Waals surface area contributed by atoms with Crippen LogP contribution in [-0.4, -0.2) is 37.2 Å². The molecule has 1 aliphatic heterocycles. The molecular formula is C18H21N3O2. The maximum absolute atomic E-state index is 12.4. The summed E-state index contributed by atoms with van der Waals surface area (Å²) in [6, 6.07) is 9.68. The number of aryl methyl sites for hydroxylation is 2. The molecule has 2 heterocycles. The van der Waals surface area contributed by atoms with E-state index < -0.39 is 0 Å². The summed E-state index contributed by atoms with van der Waals surface area (Å²) in [5.41, 5.74) is 3.62. The lowest BCUT2D eigenvalue weighted by Gasteiger charge is -2.27. The first-order valence-corrected chi connectivity index (χ1v) is 7.81. The van der Waals surface area contributed by atoms with E-state index in [1.54, 1.807) is 6.20 Å². The van der Waals surface area contributed by atoms with Crippen LogP contribution in [0.1, 0.15) is 21.5 Å². The van der Waals surface area contributed by atoms with Gasteiger partial charge in [-0.15, -0.1) is 0 Å². The van der Waals surface area contributed by atoms with Crippen LogP contribution in [-0.2, 0) is 4.74 Å². The maximum atomic E-state index is 12.4. The number of pyridine rings is 1. The van der Waals surface area contributed by atoms with E-state index in [9.17, 15) is 4.79 Å². The summed E-state index contributed by atoms with van der Waals surface area (Å²) in [4.78, 5) is 18.9. The molecule has 5 nitrogen and oxygen atoms in total. The maximum Gasteiger partial charge on any atom is 0.257 e. The summed E-state index contributed by atoms with van der Waals surface area (Å²) in [7, 11) is 0. The first-order chi connectivity index (χ1) is 11.1. The molecule has 1 amide bonds. The molecule has 120 valence electrons. The fourth-order valence-corrected chi connectivity index (χ4v) is 2.65. The zero-order chi connectivity index (χ0) is 16.2. The summed E-state index contributed by atoms with van der Waals surface area (Å²) in [6.07, 6.45) is 1.63. The van der Waals surface area contributed by atoms with E-state index in [1.165, 1.54) is 5.56 Å². The molecule has 1 aliphatic rings. The molecule has 0 saturated carbocycles. The van der Waals surface area contributed by atoms with Gasteiger partial charge in [0.2, 0.25) is 0 Å². The van der Waals surface area contributed by atoms with Crippen molar-refractivity contribution in [3.05, 3.63) is 53.2 Å². The molecular weight excluding hydrogens is 290 g/mol. The Labute approximate surface area is 136 Å². The van der Waals surface area contributed by atoms with Crippen LogP contribution in [0.15, 0.2) is 36.5 Å². The van der Waals surface area contributed by atoms with Crippen LogP contribution in [0, 0.1) is 13.8 Å². The van der Waals surface area contributed by atoms with Gasteiger partial charge >= 0.3 is 0 Å². The second-order valence-electron chi connectivity index (χ2n) is 5.78. The minimum absolute atomic E-state index is 0.141. The quantitative estimate of drug-likeness (QED) is 0.947. The van der Waals surface area contributed by atoms with E-state index in [2.05, 4.69) is 21.3 Å². The first kappa shape index (κ1) is 15.5. The Balaban J connectivity index is 1.69. The van der Waals surface area contributed by atoms with Gasteiger partial charge in [0, 0.05) is 25.0 Å². The van der Waals surface area contributed by atoms with Crippen molar-refractivity contribution in [1.29, 1.82) is 0 Å². The number of amides is 1. The van der Waals surface area contributed by atoms with Gasteiger partial charge in [-0.25, -0.2) is 4.98 Å². The smallest absolute Gasteiger partial charge is 0.257 e. The minimum atomic E-state index is -0.141. The predicted octanol–water partition coefficient (Wildman–Crippen LogP) is 2.79. The molecule has 0 spiro atoms. The number of ether oxygens (including phenoxy) is 1. The fraction of sp³-hybridized carbons (Fsp3) is 0.333. The molecule has 0 aliphatic carbocycles. The average Bonchev–Trinajstić information content (AvgIpc) is 2.58. The Morgan fingerprint density at radius 2 is 1.96 bits per heavy atom. The van der Waals surface area contributed by atoms with Crippen molar-refractivity contribution in [2.24, 2.45) is 0 Å². The van der Waals surface area contributed by atoms with E-state index in [0.29, 0.717) is 5.56 Å². The Hall–Kier alpha value is -2.40. The summed E-state index contributed by atoms with van der Waals surface area (Å²) in [6.45, 7) is 7.13. The lowest BCUT2D eigenvalue weighted by molar-refractivity contribution is 0.102. The van der Waals surface area contributed by atoms with Crippen LogP contribution in [0.4, 0.5) is 11.5 Å². The second-order valence-corrected chi connectivity index (χ2v) is 5.78. The highest BCUT2D eigenvalue weighted by Gasteiger charge is 2.14. The summed E-state index contributed by atoms with van der Waals surface area (Å²) in [5.74, 6) is 0.745. The van der Waals surface area contributed by atoms with E-state index in [-0.39, 0.29) is 5.91 Å². The van der Waals surface area contributed by atoms with Crippen molar-refractivity contribution in [3.8, 4) is 0 Å². The summed E-state index contributed by atoms with van der Waals surface area (Å²) in [5, 5.41) is 2.94. The molecule has 0 bridgehead atoms. The van der Waals surface area contributed by atoms with Gasteiger partial charge in [0.05, 0.1) is 18.8 Å². The van der Waals surface area contributed by atoms with Gasteiger partial charge in [-0.1, -0.05) is 17.7 Å². The zero-order valence-corrected chi connectivity index (χ0v) is 13.5. The molecule has 1 aromatic heterocycles. The van der Waals surface area contributed by atoms with Crippen LogP contribution < -0.4 is 10.2 Å². The lowest BCUT2D eigenvalue weighted by atomic mass is 10.1. The van der Waals surface area contributed by atoms with Gasteiger partial charge in [-0.2, -0.15) is 0 Å². The van der Waals surface area contributed by atoms with Gasteiger partial charge in [-0.3, -0.25) is 4.79 Å². The Morgan fingerprint density at radius 3 is 2.61 bits per heavy atom. The number of carbonyl (C=O) groups excluding carboxylic acids is 1. The number of anilines is 2. The van der Waals surface area contributed by atoms with Gasteiger partial charge in [-0.05, 0) is 37.6 Å². The van der Waals surface area contributed by atoms with E-state index in [1.807, 2.05) is 38.1 Å². The monoisotopic (exact) mass is 311 g/mol. The largest absolute Gasteiger partial charge is 0.378 e. The molecule has 0 unspecified atom stereocenters. The molecule has 1 N–H and O–H groups in total. The number of nitrogens with zero attached hydrogens (tertiary/aromatic N) is 2. The van der Waals surface area contributed by atoms with Crippen LogP contribution in [0.5, 0.6) is 0 Å². The molecule has 3 rings (SSSR count). The fourth-order valence-electron chi connectivity index (χ4n) is 2.65. The van der Waals surface area contributed by atoms with E-state index >= 15 is 0 Å². The highest BCUT2D eigenvalue weighted by molar-refractivity contribution is 6.04. The van der Waals surface area contributed by atoms with Crippen molar-refractivity contribution in [1.82, 2.24) is 4.98 Å². The third kappa shape index (κ3) is 3.68. The summed E-state index contributed by atoms with van der Waals surface area (Å²) >= 11 is 0. The average molecular weight is 311 g/mol. The van der Waals surface area contributed by atoms with Crippen LogP contribution >= 0.6 is 0 Å². The number of benzene rings is 1.